The van der Waals surface area contributed by atoms with Gasteiger partial charge in [0.1, 0.15) is 5.75 Å². The maximum absolute atomic E-state index is 9.60. The van der Waals surface area contributed by atoms with Crippen LogP contribution in [0, 0.1) is 11.3 Å². The summed E-state index contributed by atoms with van der Waals surface area (Å²) in [4.78, 5) is 0. The molecule has 0 radical (unpaired) electrons. The van der Waals surface area contributed by atoms with Crippen molar-refractivity contribution in [2.75, 3.05) is 6.54 Å². The zero-order valence-electron chi connectivity index (χ0n) is 12.1. The highest BCUT2D eigenvalue weighted by Crippen LogP contribution is 2.51. The van der Waals surface area contributed by atoms with Gasteiger partial charge in [-0.25, -0.2) is 0 Å². The molecule has 2 aliphatic rings. The van der Waals surface area contributed by atoms with Crippen LogP contribution >= 0.6 is 0 Å². The molecule has 0 saturated heterocycles. The number of nitrogens with one attached hydrogen (secondary N) is 1. The number of aryl methyl sites for hydroxylation is 1. The van der Waals surface area contributed by atoms with Gasteiger partial charge in [0.2, 0.25) is 0 Å². The van der Waals surface area contributed by atoms with E-state index in [-0.39, 0.29) is 0 Å². The molecule has 2 heteroatoms. The van der Waals surface area contributed by atoms with E-state index < -0.39 is 0 Å². The minimum absolute atomic E-state index is 0.403. The Morgan fingerprint density at radius 3 is 2.84 bits per heavy atom. The molecule has 1 fully saturated rings. The summed E-state index contributed by atoms with van der Waals surface area (Å²) < 4.78 is 0. The first kappa shape index (κ1) is 13.0. The lowest BCUT2D eigenvalue weighted by atomic mass is 9.86. The number of phenols is 1. The second kappa shape index (κ2) is 4.82. The third kappa shape index (κ3) is 2.51. The second-order valence-corrected chi connectivity index (χ2v) is 6.73. The summed E-state index contributed by atoms with van der Waals surface area (Å²) in [6.45, 7) is 5.85. The summed E-state index contributed by atoms with van der Waals surface area (Å²) >= 11 is 0. The number of fused-ring (bicyclic) bond motifs is 1. The molecule has 2 nitrogen and oxygen atoms in total. The number of aromatic hydroxyl groups is 1. The fraction of sp³-hybridized carbons (Fsp3) is 0.647. The van der Waals surface area contributed by atoms with Gasteiger partial charge in [0.25, 0.3) is 0 Å². The molecule has 0 amide bonds. The maximum Gasteiger partial charge on any atom is 0.115 e. The molecule has 2 N–H and O–H groups in total. The Morgan fingerprint density at radius 2 is 2.16 bits per heavy atom. The fourth-order valence-corrected chi connectivity index (χ4v) is 3.46. The molecule has 0 heterocycles. The van der Waals surface area contributed by atoms with Gasteiger partial charge in [0, 0.05) is 12.6 Å². The topological polar surface area (TPSA) is 32.3 Å². The van der Waals surface area contributed by atoms with E-state index in [0.29, 0.717) is 17.2 Å². The molecule has 0 bridgehead atoms. The summed E-state index contributed by atoms with van der Waals surface area (Å²) in [5.74, 6) is 1.18. The second-order valence-electron chi connectivity index (χ2n) is 6.73. The first-order valence-corrected chi connectivity index (χ1v) is 7.66. The van der Waals surface area contributed by atoms with Gasteiger partial charge in [-0.1, -0.05) is 19.9 Å². The van der Waals surface area contributed by atoms with Crippen LogP contribution < -0.4 is 5.32 Å². The summed E-state index contributed by atoms with van der Waals surface area (Å²) in [6, 6.07) is 6.36. The van der Waals surface area contributed by atoms with E-state index in [0.717, 1.165) is 18.9 Å². The Kier molecular flexibility index (Phi) is 3.30. The van der Waals surface area contributed by atoms with Crippen LogP contribution in [0.4, 0.5) is 0 Å². The average Bonchev–Trinajstić information content (AvgIpc) is 3.17. The Bertz CT molecular complexity index is 462. The predicted octanol–water partition coefficient (Wildman–Crippen LogP) is 3.80. The molecular formula is C17H25NO. The Balaban J connectivity index is 1.70. The van der Waals surface area contributed by atoms with Gasteiger partial charge >= 0.3 is 0 Å². The average molecular weight is 259 g/mol. The summed E-state index contributed by atoms with van der Waals surface area (Å²) in [5, 5.41) is 13.4. The van der Waals surface area contributed by atoms with Crippen LogP contribution in [0.25, 0.3) is 0 Å². The van der Waals surface area contributed by atoms with Crippen molar-refractivity contribution in [1.82, 2.24) is 5.32 Å². The molecule has 2 aliphatic carbocycles. The SMILES string of the molecule is CC(C)C1(CNC2CCCc3cc(O)ccc32)CC1. The Hall–Kier alpha value is -1.02. The third-order valence-corrected chi connectivity index (χ3v) is 5.26. The van der Waals surface area contributed by atoms with E-state index in [1.165, 1.54) is 36.8 Å². The van der Waals surface area contributed by atoms with Crippen molar-refractivity contribution in [3.8, 4) is 5.75 Å². The molecule has 0 aliphatic heterocycles. The highest BCUT2D eigenvalue weighted by atomic mass is 16.3. The molecular weight excluding hydrogens is 234 g/mol. The van der Waals surface area contributed by atoms with Gasteiger partial charge in [-0.3, -0.25) is 0 Å². The first-order valence-electron chi connectivity index (χ1n) is 7.66. The minimum atomic E-state index is 0.403. The highest BCUT2D eigenvalue weighted by molar-refractivity contribution is 5.38. The molecule has 19 heavy (non-hydrogen) atoms. The van der Waals surface area contributed by atoms with Crippen molar-refractivity contribution in [3.05, 3.63) is 29.3 Å². The van der Waals surface area contributed by atoms with Crippen LogP contribution in [0.15, 0.2) is 18.2 Å². The molecule has 1 unspecified atom stereocenters. The van der Waals surface area contributed by atoms with E-state index in [2.05, 4.69) is 25.2 Å². The van der Waals surface area contributed by atoms with Crippen molar-refractivity contribution in [2.45, 2.75) is 52.0 Å². The molecule has 0 spiro atoms. The van der Waals surface area contributed by atoms with E-state index in [4.69, 9.17) is 0 Å². The van der Waals surface area contributed by atoms with Gasteiger partial charge in [0.15, 0.2) is 0 Å². The van der Waals surface area contributed by atoms with Gasteiger partial charge in [0.05, 0.1) is 0 Å². The van der Waals surface area contributed by atoms with E-state index in [1.54, 1.807) is 0 Å². The van der Waals surface area contributed by atoms with Crippen LogP contribution in [0.2, 0.25) is 0 Å². The van der Waals surface area contributed by atoms with Crippen molar-refractivity contribution >= 4 is 0 Å². The van der Waals surface area contributed by atoms with E-state index >= 15 is 0 Å². The van der Waals surface area contributed by atoms with E-state index in [1.807, 2.05) is 12.1 Å². The van der Waals surface area contributed by atoms with Gasteiger partial charge in [-0.05, 0) is 66.7 Å². The molecule has 1 aromatic rings. The zero-order chi connectivity index (χ0) is 13.5. The monoisotopic (exact) mass is 259 g/mol. The lowest BCUT2D eigenvalue weighted by Gasteiger charge is -2.29. The summed E-state index contributed by atoms with van der Waals surface area (Å²) in [7, 11) is 0. The largest absolute Gasteiger partial charge is 0.508 e. The maximum atomic E-state index is 9.60. The normalized spacial score (nSPS) is 24.3. The molecule has 0 aromatic heterocycles. The van der Waals surface area contributed by atoms with Crippen LogP contribution in [-0.2, 0) is 6.42 Å². The highest BCUT2D eigenvalue weighted by Gasteiger charge is 2.45. The van der Waals surface area contributed by atoms with Crippen molar-refractivity contribution < 1.29 is 5.11 Å². The van der Waals surface area contributed by atoms with Crippen molar-refractivity contribution in [3.63, 3.8) is 0 Å². The number of phenolic OH excluding ortho intramolecular Hbond substituents is 1. The van der Waals surface area contributed by atoms with Crippen LogP contribution in [-0.4, -0.2) is 11.7 Å². The standard InChI is InChI=1S/C17H25NO/c1-12(2)17(8-9-17)11-18-16-5-3-4-13-10-14(19)6-7-15(13)16/h6-7,10,12,16,18-19H,3-5,8-9,11H2,1-2H3. The van der Waals surface area contributed by atoms with Gasteiger partial charge < -0.3 is 10.4 Å². The smallest absolute Gasteiger partial charge is 0.115 e. The fourth-order valence-electron chi connectivity index (χ4n) is 3.46. The number of hydrogen-bond donors (Lipinski definition) is 2. The van der Waals surface area contributed by atoms with Crippen molar-refractivity contribution in [1.29, 1.82) is 0 Å². The van der Waals surface area contributed by atoms with Gasteiger partial charge in [-0.2, -0.15) is 0 Å². The quantitative estimate of drug-likeness (QED) is 0.862. The lowest BCUT2D eigenvalue weighted by molar-refractivity contribution is 0.310. The molecule has 3 rings (SSSR count). The van der Waals surface area contributed by atoms with Crippen LogP contribution in [0.5, 0.6) is 5.75 Å². The number of rotatable bonds is 4. The van der Waals surface area contributed by atoms with Crippen LogP contribution in [0.1, 0.15) is 56.7 Å². The molecule has 1 aromatic carbocycles. The number of hydrogen-bond acceptors (Lipinski definition) is 2. The number of benzene rings is 1. The first-order chi connectivity index (χ1) is 9.11. The van der Waals surface area contributed by atoms with Crippen molar-refractivity contribution in [2.24, 2.45) is 11.3 Å². The summed E-state index contributed by atoms with van der Waals surface area (Å²) in [6.07, 6.45) is 6.33. The Labute approximate surface area is 116 Å². The Morgan fingerprint density at radius 1 is 1.37 bits per heavy atom. The predicted molar refractivity (Wildman–Crippen MR) is 78.3 cm³/mol. The van der Waals surface area contributed by atoms with Crippen LogP contribution in [0.3, 0.4) is 0 Å². The van der Waals surface area contributed by atoms with E-state index in [9.17, 15) is 5.11 Å². The summed E-state index contributed by atoms with van der Waals surface area (Å²) in [5.41, 5.74) is 3.30. The molecule has 1 saturated carbocycles. The molecule has 104 valence electrons. The third-order valence-electron chi connectivity index (χ3n) is 5.26. The zero-order valence-corrected chi connectivity index (χ0v) is 12.1. The lowest BCUT2D eigenvalue weighted by Crippen LogP contribution is -2.32. The minimum Gasteiger partial charge on any atom is -0.508 e. The van der Waals surface area contributed by atoms with Gasteiger partial charge in [-0.15, -0.1) is 0 Å². The molecule has 1 atom stereocenters.